The number of benzene rings is 1. The fraction of sp³-hybridized carbons (Fsp3) is 0.250. The van der Waals surface area contributed by atoms with Gasteiger partial charge in [0.05, 0.1) is 11.6 Å². The Labute approximate surface area is 171 Å². The van der Waals surface area contributed by atoms with Crippen LogP contribution in [0.15, 0.2) is 48.9 Å². The lowest BCUT2D eigenvalue weighted by Crippen LogP contribution is -2.51. The Kier molecular flexibility index (Phi) is 4.98. The van der Waals surface area contributed by atoms with Gasteiger partial charge in [0.2, 0.25) is 0 Å². The van der Waals surface area contributed by atoms with Gasteiger partial charge in [0.25, 0.3) is 12.3 Å². The summed E-state index contributed by atoms with van der Waals surface area (Å²) in [4.78, 5) is 16.9. The van der Waals surface area contributed by atoms with Gasteiger partial charge >= 0.3 is 6.18 Å². The lowest BCUT2D eigenvalue weighted by Gasteiger charge is -2.38. The van der Waals surface area contributed by atoms with Gasteiger partial charge in [-0.05, 0) is 18.2 Å². The highest BCUT2D eigenvalue weighted by atomic mass is 19.4. The van der Waals surface area contributed by atoms with Crippen LogP contribution in [0.25, 0.3) is 22.3 Å². The van der Waals surface area contributed by atoms with Crippen LogP contribution >= 0.6 is 0 Å². The van der Waals surface area contributed by atoms with Gasteiger partial charge in [-0.15, -0.1) is 0 Å². The summed E-state index contributed by atoms with van der Waals surface area (Å²) < 4.78 is 79.4. The minimum absolute atomic E-state index is 0.100. The van der Waals surface area contributed by atoms with Gasteiger partial charge in [0, 0.05) is 35.8 Å². The first-order valence-electron chi connectivity index (χ1n) is 9.04. The van der Waals surface area contributed by atoms with Crippen molar-refractivity contribution in [2.24, 2.45) is 0 Å². The number of halogens is 6. The van der Waals surface area contributed by atoms with E-state index in [1.807, 2.05) is 0 Å². The van der Waals surface area contributed by atoms with Gasteiger partial charge in [0.15, 0.2) is 11.5 Å². The number of aromatic nitrogens is 3. The second-order valence-corrected chi connectivity index (χ2v) is 7.08. The average molecular weight is 440 g/mol. The molecule has 1 amide bonds. The molecule has 3 heterocycles. The van der Waals surface area contributed by atoms with E-state index in [4.69, 9.17) is 0 Å². The largest absolute Gasteiger partial charge is 0.416 e. The average Bonchev–Trinajstić information content (AvgIpc) is 3.04. The molecule has 0 saturated carbocycles. The molecule has 0 aliphatic carbocycles. The van der Waals surface area contributed by atoms with E-state index in [0.29, 0.717) is 0 Å². The van der Waals surface area contributed by atoms with Crippen molar-refractivity contribution >= 4 is 16.9 Å². The standard InChI is InChI=1S/C20H14F6N4O/c1-10(21)19(31)29-8-14(9-29)30-18-15(6-12(7-27-18)17(22)23)16(28-30)11-2-4-13(5-3-11)20(24,25)26/h2-7,14,17H,1,8-9H2. The Morgan fingerprint density at radius 2 is 1.81 bits per heavy atom. The monoisotopic (exact) mass is 440 g/mol. The first-order chi connectivity index (χ1) is 14.6. The molecule has 4 rings (SSSR count). The van der Waals surface area contributed by atoms with E-state index in [2.05, 4.69) is 16.7 Å². The second kappa shape index (κ2) is 7.40. The number of nitrogens with zero attached hydrogens (tertiary/aromatic N) is 4. The van der Waals surface area contributed by atoms with E-state index < -0.39 is 35.9 Å². The highest BCUT2D eigenvalue weighted by Crippen LogP contribution is 2.35. The molecule has 5 nitrogen and oxygen atoms in total. The molecular formula is C20H14F6N4O. The molecule has 31 heavy (non-hydrogen) atoms. The molecule has 1 aliphatic rings. The van der Waals surface area contributed by atoms with E-state index in [-0.39, 0.29) is 40.9 Å². The minimum atomic E-state index is -4.52. The van der Waals surface area contributed by atoms with Crippen molar-refractivity contribution in [3.05, 3.63) is 60.1 Å². The third-order valence-corrected chi connectivity index (χ3v) is 5.03. The molecule has 162 valence electrons. The third-order valence-electron chi connectivity index (χ3n) is 5.03. The quantitative estimate of drug-likeness (QED) is 0.428. The molecule has 0 spiro atoms. The van der Waals surface area contributed by atoms with Crippen molar-refractivity contribution in [2.45, 2.75) is 18.6 Å². The Hall–Kier alpha value is -3.37. The van der Waals surface area contributed by atoms with Crippen molar-refractivity contribution in [1.29, 1.82) is 0 Å². The predicted octanol–water partition coefficient (Wildman–Crippen LogP) is 4.92. The van der Waals surface area contributed by atoms with Gasteiger partial charge in [-0.25, -0.2) is 22.8 Å². The van der Waals surface area contributed by atoms with Crippen LogP contribution in [0.5, 0.6) is 0 Å². The third kappa shape index (κ3) is 3.75. The van der Waals surface area contributed by atoms with E-state index in [1.165, 1.54) is 27.8 Å². The maximum atomic E-state index is 13.2. The number of likely N-dealkylation sites (tertiary alicyclic amines) is 1. The maximum Gasteiger partial charge on any atom is 0.416 e. The van der Waals surface area contributed by atoms with Gasteiger partial charge in [0.1, 0.15) is 5.69 Å². The van der Waals surface area contributed by atoms with Gasteiger partial charge in [-0.3, -0.25) is 4.79 Å². The maximum absolute atomic E-state index is 13.2. The highest BCUT2D eigenvalue weighted by molar-refractivity contribution is 5.93. The summed E-state index contributed by atoms with van der Waals surface area (Å²) in [6.07, 6.45) is -6.33. The second-order valence-electron chi connectivity index (χ2n) is 7.08. The van der Waals surface area contributed by atoms with Gasteiger partial charge in [-0.2, -0.15) is 18.3 Å². The number of fused-ring (bicyclic) bond motifs is 1. The molecule has 0 N–H and O–H groups in total. The number of pyridine rings is 1. The van der Waals surface area contributed by atoms with Crippen LogP contribution in [-0.4, -0.2) is 38.7 Å². The number of hydrogen-bond donors (Lipinski definition) is 0. The number of rotatable bonds is 4. The number of carbonyl (C=O) groups is 1. The summed E-state index contributed by atoms with van der Waals surface area (Å²) in [5.74, 6) is -1.96. The first kappa shape index (κ1) is 20.9. The van der Waals surface area contributed by atoms with Crippen LogP contribution in [0, 0.1) is 0 Å². The minimum Gasteiger partial charge on any atom is -0.332 e. The topological polar surface area (TPSA) is 51.0 Å². The van der Waals surface area contributed by atoms with Crippen LogP contribution < -0.4 is 0 Å². The normalized spacial score (nSPS) is 14.9. The zero-order valence-corrected chi connectivity index (χ0v) is 15.7. The molecule has 0 radical (unpaired) electrons. The summed E-state index contributed by atoms with van der Waals surface area (Å²) in [5, 5.41) is 4.62. The fourth-order valence-corrected chi connectivity index (χ4v) is 3.39. The molecule has 3 aromatic rings. The van der Waals surface area contributed by atoms with Crippen LogP contribution in [-0.2, 0) is 11.0 Å². The molecule has 1 aliphatic heterocycles. The van der Waals surface area contributed by atoms with Crippen LogP contribution in [0.4, 0.5) is 26.3 Å². The molecule has 11 heteroatoms. The Morgan fingerprint density at radius 3 is 2.35 bits per heavy atom. The molecule has 1 fully saturated rings. The van der Waals surface area contributed by atoms with Crippen molar-refractivity contribution in [3.63, 3.8) is 0 Å². The summed E-state index contributed by atoms with van der Waals surface area (Å²) in [5.41, 5.74) is -0.520. The zero-order valence-electron chi connectivity index (χ0n) is 15.7. The molecule has 1 aromatic carbocycles. The zero-order chi connectivity index (χ0) is 22.5. The number of amides is 1. The summed E-state index contributed by atoms with van der Waals surface area (Å²) >= 11 is 0. The Balaban J connectivity index is 1.76. The van der Waals surface area contributed by atoms with Crippen molar-refractivity contribution < 1.29 is 31.1 Å². The smallest absolute Gasteiger partial charge is 0.332 e. The van der Waals surface area contributed by atoms with Gasteiger partial charge in [-0.1, -0.05) is 18.7 Å². The van der Waals surface area contributed by atoms with Crippen LogP contribution in [0.3, 0.4) is 0 Å². The van der Waals surface area contributed by atoms with Crippen LogP contribution in [0.2, 0.25) is 0 Å². The molecular weight excluding hydrogens is 426 g/mol. The summed E-state index contributed by atoms with van der Waals surface area (Å²) in [7, 11) is 0. The number of hydrogen-bond acceptors (Lipinski definition) is 3. The highest BCUT2D eigenvalue weighted by Gasteiger charge is 2.36. The lowest BCUT2D eigenvalue weighted by atomic mass is 10.1. The van der Waals surface area contributed by atoms with Crippen molar-refractivity contribution in [2.75, 3.05) is 13.1 Å². The summed E-state index contributed by atoms with van der Waals surface area (Å²) in [6, 6.07) is 4.94. The van der Waals surface area contributed by atoms with E-state index >= 15 is 0 Å². The Morgan fingerprint density at radius 1 is 1.16 bits per heavy atom. The van der Waals surface area contributed by atoms with Crippen molar-refractivity contribution in [3.8, 4) is 11.3 Å². The fourth-order valence-electron chi connectivity index (χ4n) is 3.39. The van der Waals surface area contributed by atoms with Crippen LogP contribution in [0.1, 0.15) is 23.6 Å². The molecule has 1 saturated heterocycles. The van der Waals surface area contributed by atoms with E-state index in [1.54, 1.807) is 0 Å². The van der Waals surface area contributed by atoms with E-state index in [0.717, 1.165) is 18.3 Å². The Bertz CT molecular complexity index is 1160. The SMILES string of the molecule is C=C(F)C(=O)N1CC(n2nc(-c3ccc(C(F)(F)F)cc3)c3cc(C(F)F)cnc32)C1. The molecule has 2 aromatic heterocycles. The van der Waals surface area contributed by atoms with Gasteiger partial charge < -0.3 is 4.90 Å². The first-order valence-corrected chi connectivity index (χ1v) is 9.04. The molecule has 0 bridgehead atoms. The predicted molar refractivity (Wildman–Crippen MR) is 98.8 cm³/mol. The van der Waals surface area contributed by atoms with Crippen molar-refractivity contribution in [1.82, 2.24) is 19.7 Å². The molecule has 0 atom stereocenters. The molecule has 0 unspecified atom stereocenters. The lowest BCUT2D eigenvalue weighted by molar-refractivity contribution is -0.137. The number of carbonyl (C=O) groups excluding carboxylic acids is 1. The summed E-state index contributed by atoms with van der Waals surface area (Å²) in [6.45, 7) is 3.16. The van der Waals surface area contributed by atoms with E-state index in [9.17, 15) is 31.1 Å². The number of alkyl halides is 5.